The number of allylic oxidation sites excluding steroid dienone is 5. The van der Waals surface area contributed by atoms with E-state index >= 15 is 0 Å². The van der Waals surface area contributed by atoms with Crippen LogP contribution in [0.15, 0.2) is 188 Å². The first-order valence-electron chi connectivity index (χ1n) is 19.2. The molecule has 2 unspecified atom stereocenters. The fraction of sp³-hybridized carbons (Fsp3) is 0.0377. The standard InChI is InChI=1S/C53H34N2/c1-3-14-35(15-4-1)47-41-19-9-10-20-42(41)48(36-16-5-2-6-17-36)52-44-30-29-38(40-21-11-22-43(49(40)44)51(47)52)34-24-27-37(28-25-34)55-45-31-26-33-13-7-8-18-39(33)50(45)53-46(55)23-12-32-54-53/h1-33,39H. The van der Waals surface area contributed by atoms with E-state index in [-0.39, 0.29) is 0 Å². The molecule has 2 heteroatoms. The number of rotatable bonds is 4. The average molecular weight is 699 g/mol. The average Bonchev–Trinajstić information content (AvgIpc) is 3.78. The lowest BCUT2D eigenvalue weighted by Crippen LogP contribution is -2.14. The maximum absolute atomic E-state index is 4.93. The third-order valence-electron chi connectivity index (χ3n) is 12.1. The van der Waals surface area contributed by atoms with Gasteiger partial charge < -0.3 is 4.57 Å². The second-order valence-corrected chi connectivity index (χ2v) is 15.0. The van der Waals surface area contributed by atoms with Crippen molar-refractivity contribution in [3.05, 3.63) is 199 Å². The van der Waals surface area contributed by atoms with E-state index < -0.39 is 0 Å². The smallest absolute Gasteiger partial charge is 0.0929 e. The van der Waals surface area contributed by atoms with E-state index in [2.05, 4.69) is 193 Å². The highest BCUT2D eigenvalue weighted by Crippen LogP contribution is 2.58. The number of hydrogen-bond acceptors (Lipinski definition) is 1. The third-order valence-corrected chi connectivity index (χ3v) is 12.1. The van der Waals surface area contributed by atoms with Crippen LogP contribution in [-0.2, 0) is 0 Å². The van der Waals surface area contributed by atoms with E-state index in [1.807, 2.05) is 6.20 Å². The van der Waals surface area contributed by atoms with Crippen LogP contribution in [0.3, 0.4) is 0 Å². The molecule has 0 bridgehead atoms. The van der Waals surface area contributed by atoms with E-state index in [1.165, 1.54) is 88.4 Å². The number of aromatic nitrogens is 2. The molecule has 0 saturated heterocycles. The number of pyridine rings is 1. The van der Waals surface area contributed by atoms with Crippen LogP contribution < -0.4 is 0 Å². The maximum atomic E-state index is 4.93. The fourth-order valence-corrected chi connectivity index (χ4v) is 9.88. The van der Waals surface area contributed by atoms with Crippen LogP contribution in [0.1, 0.15) is 17.2 Å². The van der Waals surface area contributed by atoms with Gasteiger partial charge in [-0.25, -0.2) is 0 Å². The van der Waals surface area contributed by atoms with Crippen molar-refractivity contribution >= 4 is 38.7 Å². The normalized spacial score (nSPS) is 16.1. The monoisotopic (exact) mass is 698 g/mol. The highest BCUT2D eigenvalue weighted by molar-refractivity contribution is 6.28. The minimum absolute atomic E-state index is 0.294. The van der Waals surface area contributed by atoms with E-state index in [0.29, 0.717) is 11.8 Å². The Morgan fingerprint density at radius 2 is 1.09 bits per heavy atom. The Hall–Kier alpha value is -7.03. The molecule has 0 fully saturated rings. The van der Waals surface area contributed by atoms with Crippen molar-refractivity contribution < 1.29 is 0 Å². The predicted molar refractivity (Wildman–Crippen MR) is 230 cm³/mol. The lowest BCUT2D eigenvalue weighted by molar-refractivity contribution is 0.692. The summed E-state index contributed by atoms with van der Waals surface area (Å²) in [5.41, 5.74) is 18.7. The van der Waals surface area contributed by atoms with Gasteiger partial charge in [-0.2, -0.15) is 0 Å². The quantitative estimate of drug-likeness (QED) is 0.179. The van der Waals surface area contributed by atoms with Gasteiger partial charge in [-0.3, -0.25) is 4.98 Å². The summed E-state index contributed by atoms with van der Waals surface area (Å²) in [6.45, 7) is 0. The first kappa shape index (κ1) is 30.4. The van der Waals surface area contributed by atoms with Gasteiger partial charge in [0.1, 0.15) is 0 Å². The van der Waals surface area contributed by atoms with Gasteiger partial charge in [0.05, 0.1) is 16.7 Å². The van der Waals surface area contributed by atoms with Crippen LogP contribution in [0.25, 0.3) is 100.0 Å². The molecule has 12 rings (SSSR count). The van der Waals surface area contributed by atoms with Gasteiger partial charge in [-0.15, -0.1) is 0 Å². The van der Waals surface area contributed by atoms with Crippen LogP contribution in [-0.4, -0.2) is 9.55 Å². The van der Waals surface area contributed by atoms with Crippen LogP contribution in [0.4, 0.5) is 0 Å². The van der Waals surface area contributed by atoms with Crippen LogP contribution in [0.2, 0.25) is 0 Å². The van der Waals surface area contributed by atoms with Crippen molar-refractivity contribution in [3.8, 4) is 61.3 Å². The summed E-state index contributed by atoms with van der Waals surface area (Å²) in [4.78, 5) is 4.93. The molecule has 2 heterocycles. The Balaban J connectivity index is 1.06. The lowest BCUT2D eigenvalue weighted by Gasteiger charge is -2.26. The summed E-state index contributed by atoms with van der Waals surface area (Å²) in [6.07, 6.45) is 15.5. The third kappa shape index (κ3) is 4.34. The molecule has 0 saturated carbocycles. The topological polar surface area (TPSA) is 17.8 Å². The zero-order valence-corrected chi connectivity index (χ0v) is 30.0. The summed E-state index contributed by atoms with van der Waals surface area (Å²) in [5.74, 6) is 0.657. The van der Waals surface area contributed by atoms with Gasteiger partial charge in [0.15, 0.2) is 0 Å². The summed E-state index contributed by atoms with van der Waals surface area (Å²) in [6, 6.07) is 55.9. The molecule has 0 amide bonds. The van der Waals surface area contributed by atoms with Gasteiger partial charge >= 0.3 is 0 Å². The van der Waals surface area contributed by atoms with Crippen molar-refractivity contribution in [2.24, 2.45) is 5.92 Å². The molecule has 3 aliphatic rings. The van der Waals surface area contributed by atoms with Gasteiger partial charge in [-0.1, -0.05) is 158 Å². The SMILES string of the molecule is C1=CC2C=Cc3c(c4ncccc4n3-c3ccc(-c4ccc5c6c(cccc46)-c4c-5c(-c5ccccc5)c5ccccc5c4-c4ccccc4)cc3)C2C=C1. The molecular weight excluding hydrogens is 665 g/mol. The van der Waals surface area contributed by atoms with Crippen molar-refractivity contribution in [1.29, 1.82) is 0 Å². The van der Waals surface area contributed by atoms with Crippen molar-refractivity contribution in [1.82, 2.24) is 9.55 Å². The van der Waals surface area contributed by atoms with E-state index in [4.69, 9.17) is 4.98 Å². The molecule has 0 radical (unpaired) electrons. The second kappa shape index (κ2) is 11.7. The Bertz CT molecular complexity index is 3030. The fourth-order valence-electron chi connectivity index (χ4n) is 9.88. The van der Waals surface area contributed by atoms with E-state index in [9.17, 15) is 0 Å². The molecular formula is C53H34N2. The van der Waals surface area contributed by atoms with Gasteiger partial charge in [0.25, 0.3) is 0 Å². The molecule has 0 N–H and O–H groups in total. The lowest BCUT2D eigenvalue weighted by atomic mass is 9.79. The van der Waals surface area contributed by atoms with Gasteiger partial charge in [0.2, 0.25) is 0 Å². The molecule has 2 atom stereocenters. The van der Waals surface area contributed by atoms with Crippen molar-refractivity contribution in [2.75, 3.05) is 0 Å². The minimum Gasteiger partial charge on any atom is -0.308 e. The van der Waals surface area contributed by atoms with E-state index in [0.717, 1.165) is 16.7 Å². The van der Waals surface area contributed by atoms with Crippen LogP contribution >= 0.6 is 0 Å². The number of nitrogens with zero attached hydrogens (tertiary/aromatic N) is 2. The largest absolute Gasteiger partial charge is 0.308 e. The van der Waals surface area contributed by atoms with Gasteiger partial charge in [0, 0.05) is 29.3 Å². The molecule has 3 aliphatic carbocycles. The molecule has 2 aromatic heterocycles. The first-order valence-corrected chi connectivity index (χ1v) is 19.2. The zero-order chi connectivity index (χ0) is 36.0. The summed E-state index contributed by atoms with van der Waals surface area (Å²) >= 11 is 0. The Labute approximate surface area is 319 Å². The summed E-state index contributed by atoms with van der Waals surface area (Å²) in [7, 11) is 0. The minimum atomic E-state index is 0.294. The summed E-state index contributed by atoms with van der Waals surface area (Å²) in [5, 5.41) is 5.17. The molecule has 9 aromatic rings. The van der Waals surface area contributed by atoms with E-state index in [1.54, 1.807) is 0 Å². The van der Waals surface area contributed by atoms with Crippen molar-refractivity contribution in [3.63, 3.8) is 0 Å². The summed E-state index contributed by atoms with van der Waals surface area (Å²) < 4.78 is 2.39. The van der Waals surface area contributed by atoms with Crippen molar-refractivity contribution in [2.45, 2.75) is 5.92 Å². The maximum Gasteiger partial charge on any atom is 0.0929 e. The number of hydrogen-bond donors (Lipinski definition) is 0. The number of benzene rings is 7. The zero-order valence-electron chi connectivity index (χ0n) is 30.0. The molecule has 256 valence electrons. The Kier molecular flexibility index (Phi) is 6.49. The molecule has 55 heavy (non-hydrogen) atoms. The Morgan fingerprint density at radius 1 is 0.455 bits per heavy atom. The van der Waals surface area contributed by atoms with Crippen LogP contribution in [0, 0.1) is 5.92 Å². The number of fused-ring (bicyclic) bond motifs is 9. The molecule has 0 aliphatic heterocycles. The Morgan fingerprint density at radius 3 is 1.82 bits per heavy atom. The van der Waals surface area contributed by atoms with Gasteiger partial charge in [-0.05, 0) is 108 Å². The highest BCUT2D eigenvalue weighted by atomic mass is 15.0. The molecule has 0 spiro atoms. The van der Waals surface area contributed by atoms with Crippen LogP contribution in [0.5, 0.6) is 0 Å². The highest BCUT2D eigenvalue weighted by Gasteiger charge is 2.32. The first-order chi connectivity index (χ1) is 27.3. The molecule has 2 nitrogen and oxygen atoms in total. The predicted octanol–water partition coefficient (Wildman–Crippen LogP) is 13.8. The molecule has 7 aromatic carbocycles. The second-order valence-electron chi connectivity index (χ2n) is 15.0.